The number of halogens is 1. The first-order valence-corrected chi connectivity index (χ1v) is 5.20. The molecule has 0 atom stereocenters. The van der Waals surface area contributed by atoms with Crippen LogP contribution >= 0.6 is 11.6 Å². The molecule has 0 aliphatic carbocycles. The number of hydrogen-bond acceptors (Lipinski definition) is 2. The van der Waals surface area contributed by atoms with Gasteiger partial charge in [0.15, 0.2) is 5.15 Å². The topological polar surface area (TPSA) is 25.8 Å². The Morgan fingerprint density at radius 3 is 2.31 bits per heavy atom. The second-order valence-corrected chi connectivity index (χ2v) is 3.74. The number of benzene rings is 1. The van der Waals surface area contributed by atoms with Gasteiger partial charge in [-0.15, -0.1) is 10.2 Å². The normalized spacial score (nSPS) is 9.38. The molecule has 1 aromatic heterocycles. The maximum absolute atomic E-state index is 5.62. The van der Waals surface area contributed by atoms with E-state index in [9.17, 15) is 0 Å². The average Bonchev–Trinajstić information content (AvgIpc) is 2.30. The van der Waals surface area contributed by atoms with Crippen LogP contribution in [0.25, 0.3) is 0 Å². The summed E-state index contributed by atoms with van der Waals surface area (Å²) in [5.74, 6) is 5.94. The predicted octanol–water partition coefficient (Wildman–Crippen LogP) is 2.84. The molecule has 2 nitrogen and oxygen atoms in total. The summed E-state index contributed by atoms with van der Waals surface area (Å²) in [7, 11) is 0. The first-order valence-electron chi connectivity index (χ1n) is 4.82. The van der Waals surface area contributed by atoms with Gasteiger partial charge in [-0.3, -0.25) is 0 Å². The maximum Gasteiger partial charge on any atom is 0.151 e. The molecular weight excluding hydrogens is 220 g/mol. The van der Waals surface area contributed by atoms with E-state index < -0.39 is 0 Å². The van der Waals surface area contributed by atoms with Crippen molar-refractivity contribution in [2.75, 3.05) is 0 Å². The molecule has 0 unspecified atom stereocenters. The Balaban J connectivity index is 2.21. The van der Waals surface area contributed by atoms with Crippen molar-refractivity contribution in [2.24, 2.45) is 0 Å². The molecule has 3 heteroatoms. The fourth-order valence-corrected chi connectivity index (χ4v) is 1.26. The molecule has 0 amide bonds. The van der Waals surface area contributed by atoms with Crippen molar-refractivity contribution < 1.29 is 0 Å². The SMILES string of the molecule is Cc1ccc(C#Cc2ccc(Cl)nn2)cc1. The summed E-state index contributed by atoms with van der Waals surface area (Å²) in [6, 6.07) is 11.4. The minimum atomic E-state index is 0.376. The molecule has 2 rings (SSSR count). The number of aromatic nitrogens is 2. The molecule has 0 saturated carbocycles. The van der Waals surface area contributed by atoms with E-state index in [1.807, 2.05) is 31.2 Å². The van der Waals surface area contributed by atoms with Crippen LogP contribution in [-0.2, 0) is 0 Å². The van der Waals surface area contributed by atoms with Crippen LogP contribution in [-0.4, -0.2) is 10.2 Å². The molecule has 0 radical (unpaired) electrons. The largest absolute Gasteiger partial charge is 0.151 e. The van der Waals surface area contributed by atoms with Crippen LogP contribution in [0.15, 0.2) is 36.4 Å². The fourth-order valence-electron chi connectivity index (χ4n) is 1.16. The van der Waals surface area contributed by atoms with Gasteiger partial charge in [0.1, 0.15) is 5.69 Å². The average molecular weight is 229 g/mol. The highest BCUT2D eigenvalue weighted by Crippen LogP contribution is 2.03. The lowest BCUT2D eigenvalue weighted by atomic mass is 10.1. The zero-order valence-electron chi connectivity index (χ0n) is 8.74. The van der Waals surface area contributed by atoms with Gasteiger partial charge in [-0.1, -0.05) is 35.2 Å². The van der Waals surface area contributed by atoms with Gasteiger partial charge < -0.3 is 0 Å². The van der Waals surface area contributed by atoms with Crippen molar-refractivity contribution in [3.63, 3.8) is 0 Å². The van der Waals surface area contributed by atoms with Gasteiger partial charge in [-0.25, -0.2) is 0 Å². The summed E-state index contributed by atoms with van der Waals surface area (Å²) in [6.45, 7) is 2.04. The van der Waals surface area contributed by atoms with E-state index >= 15 is 0 Å². The predicted molar refractivity (Wildman–Crippen MR) is 64.2 cm³/mol. The standard InChI is InChI=1S/C13H9ClN2/c1-10-2-4-11(5-3-10)6-7-12-8-9-13(14)16-15-12/h2-5,8-9H,1H3. The molecule has 78 valence electrons. The van der Waals surface area contributed by atoms with Crippen molar-refractivity contribution in [3.05, 3.63) is 58.4 Å². The number of nitrogens with zero attached hydrogens (tertiary/aromatic N) is 2. The summed E-state index contributed by atoms with van der Waals surface area (Å²) >= 11 is 5.62. The second-order valence-electron chi connectivity index (χ2n) is 3.36. The van der Waals surface area contributed by atoms with E-state index in [0.29, 0.717) is 10.8 Å². The lowest BCUT2D eigenvalue weighted by molar-refractivity contribution is 1.01. The van der Waals surface area contributed by atoms with Gasteiger partial charge >= 0.3 is 0 Å². The first-order chi connectivity index (χ1) is 7.74. The van der Waals surface area contributed by atoms with E-state index in [-0.39, 0.29) is 0 Å². The van der Waals surface area contributed by atoms with Crippen molar-refractivity contribution in [1.29, 1.82) is 0 Å². The molecular formula is C13H9ClN2. The van der Waals surface area contributed by atoms with Gasteiger partial charge in [0, 0.05) is 5.56 Å². The van der Waals surface area contributed by atoms with Crippen LogP contribution in [0.5, 0.6) is 0 Å². The molecule has 0 aliphatic heterocycles. The number of aryl methyl sites for hydroxylation is 1. The van der Waals surface area contributed by atoms with Crippen molar-refractivity contribution >= 4 is 11.6 Å². The van der Waals surface area contributed by atoms with Crippen molar-refractivity contribution in [1.82, 2.24) is 10.2 Å². The minimum Gasteiger partial charge on any atom is -0.140 e. The molecule has 16 heavy (non-hydrogen) atoms. The van der Waals surface area contributed by atoms with Crippen LogP contribution in [0.2, 0.25) is 5.15 Å². The number of rotatable bonds is 0. The molecule has 0 fully saturated rings. The molecule has 0 spiro atoms. The third kappa shape index (κ3) is 2.82. The van der Waals surface area contributed by atoms with Crippen LogP contribution < -0.4 is 0 Å². The molecule has 1 aromatic carbocycles. The van der Waals surface area contributed by atoms with Gasteiger partial charge in [-0.05, 0) is 37.1 Å². The summed E-state index contributed by atoms with van der Waals surface area (Å²) in [5, 5.41) is 7.95. The third-order valence-electron chi connectivity index (χ3n) is 2.02. The second kappa shape index (κ2) is 4.78. The molecule has 0 N–H and O–H groups in total. The first kappa shape index (κ1) is 10.7. The third-order valence-corrected chi connectivity index (χ3v) is 2.22. The summed E-state index contributed by atoms with van der Waals surface area (Å²) in [6.07, 6.45) is 0. The Kier molecular flexibility index (Phi) is 3.19. The van der Waals surface area contributed by atoms with Gasteiger partial charge in [0.25, 0.3) is 0 Å². The number of hydrogen-bond donors (Lipinski definition) is 0. The summed E-state index contributed by atoms with van der Waals surface area (Å²) in [4.78, 5) is 0. The molecule has 2 aromatic rings. The lowest BCUT2D eigenvalue weighted by Crippen LogP contribution is -1.86. The minimum absolute atomic E-state index is 0.376. The Hall–Kier alpha value is -1.85. The van der Waals surface area contributed by atoms with Crippen LogP contribution in [0.3, 0.4) is 0 Å². The van der Waals surface area contributed by atoms with Crippen LogP contribution in [0.1, 0.15) is 16.8 Å². The zero-order chi connectivity index (χ0) is 11.4. The smallest absolute Gasteiger partial charge is 0.140 e. The van der Waals surface area contributed by atoms with E-state index in [4.69, 9.17) is 11.6 Å². The summed E-state index contributed by atoms with van der Waals surface area (Å²) in [5.41, 5.74) is 2.80. The van der Waals surface area contributed by atoms with Crippen LogP contribution in [0.4, 0.5) is 0 Å². The Bertz CT molecular complexity index is 483. The van der Waals surface area contributed by atoms with E-state index in [1.165, 1.54) is 5.56 Å². The van der Waals surface area contributed by atoms with Crippen molar-refractivity contribution in [2.45, 2.75) is 6.92 Å². The van der Waals surface area contributed by atoms with E-state index in [0.717, 1.165) is 5.56 Å². The van der Waals surface area contributed by atoms with E-state index in [2.05, 4.69) is 22.0 Å². The zero-order valence-corrected chi connectivity index (χ0v) is 9.49. The molecule has 0 bridgehead atoms. The van der Waals surface area contributed by atoms with E-state index in [1.54, 1.807) is 12.1 Å². The molecule has 0 aliphatic rings. The van der Waals surface area contributed by atoms with Gasteiger partial charge in [-0.2, -0.15) is 0 Å². The Morgan fingerprint density at radius 1 is 0.938 bits per heavy atom. The Labute approximate surface area is 99.3 Å². The molecule has 0 saturated heterocycles. The monoisotopic (exact) mass is 228 g/mol. The maximum atomic E-state index is 5.62. The van der Waals surface area contributed by atoms with Crippen LogP contribution in [0, 0.1) is 18.8 Å². The fraction of sp³-hybridized carbons (Fsp3) is 0.0769. The van der Waals surface area contributed by atoms with Gasteiger partial charge in [0.05, 0.1) is 0 Å². The van der Waals surface area contributed by atoms with Crippen molar-refractivity contribution in [3.8, 4) is 11.8 Å². The highest BCUT2D eigenvalue weighted by Gasteiger charge is 1.91. The van der Waals surface area contributed by atoms with Gasteiger partial charge in [0.2, 0.25) is 0 Å². The Morgan fingerprint density at radius 2 is 1.69 bits per heavy atom. The highest BCUT2D eigenvalue weighted by molar-refractivity contribution is 6.29. The molecule has 1 heterocycles. The summed E-state index contributed by atoms with van der Waals surface area (Å²) < 4.78 is 0. The quantitative estimate of drug-likeness (QED) is 0.648. The highest BCUT2D eigenvalue weighted by atomic mass is 35.5. The lowest BCUT2D eigenvalue weighted by Gasteiger charge is -1.91.